The molecular formula is C38H25N3O2. The molecule has 4 heterocycles. The van der Waals surface area contributed by atoms with E-state index in [4.69, 9.17) is 8.83 Å². The third-order valence-corrected chi connectivity index (χ3v) is 9.05. The van der Waals surface area contributed by atoms with Crippen LogP contribution in [-0.2, 0) is 0 Å². The van der Waals surface area contributed by atoms with Gasteiger partial charge in [-0.05, 0) is 64.9 Å². The lowest BCUT2D eigenvalue weighted by Crippen LogP contribution is -2.39. The van der Waals surface area contributed by atoms with Crippen molar-refractivity contribution >= 4 is 71.2 Å². The molecule has 0 saturated carbocycles. The van der Waals surface area contributed by atoms with Crippen LogP contribution in [0.15, 0.2) is 136 Å². The average molecular weight is 556 g/mol. The van der Waals surface area contributed by atoms with Crippen molar-refractivity contribution in [1.82, 2.24) is 9.88 Å². The van der Waals surface area contributed by atoms with Gasteiger partial charge >= 0.3 is 0 Å². The second-order valence-corrected chi connectivity index (χ2v) is 11.4. The molecule has 1 aliphatic rings. The average Bonchev–Trinajstić information content (AvgIpc) is 3.72. The predicted octanol–water partition coefficient (Wildman–Crippen LogP) is 9.85. The second-order valence-electron chi connectivity index (χ2n) is 11.4. The van der Waals surface area contributed by atoms with E-state index in [0.29, 0.717) is 0 Å². The Balaban J connectivity index is 1.24. The van der Waals surface area contributed by atoms with Crippen molar-refractivity contribution in [1.29, 1.82) is 0 Å². The number of fused-ring (bicyclic) bond motifs is 10. The van der Waals surface area contributed by atoms with Crippen molar-refractivity contribution in [2.45, 2.75) is 12.3 Å². The molecule has 1 aliphatic heterocycles. The molecule has 0 radical (unpaired) electrons. The van der Waals surface area contributed by atoms with E-state index >= 15 is 0 Å². The molecule has 2 atom stereocenters. The van der Waals surface area contributed by atoms with Gasteiger partial charge in [-0.25, -0.2) is 0 Å². The van der Waals surface area contributed by atoms with E-state index in [1.54, 1.807) is 0 Å². The number of hydrogen-bond acceptors (Lipinski definition) is 4. The van der Waals surface area contributed by atoms with Crippen molar-refractivity contribution in [3.8, 4) is 0 Å². The molecule has 0 bridgehead atoms. The minimum absolute atomic E-state index is 0.173. The fourth-order valence-electron chi connectivity index (χ4n) is 7.08. The Bertz CT molecular complexity index is 2550. The first kappa shape index (κ1) is 23.1. The van der Waals surface area contributed by atoms with E-state index in [-0.39, 0.29) is 12.3 Å². The summed E-state index contributed by atoms with van der Waals surface area (Å²) in [5.41, 5.74) is 7.14. The van der Waals surface area contributed by atoms with E-state index in [9.17, 15) is 0 Å². The molecule has 2 N–H and O–H groups in total. The van der Waals surface area contributed by atoms with Gasteiger partial charge in [0.05, 0.1) is 16.7 Å². The SMILES string of the molecule is c1ccc2cc3c(cc2c1)c1ccccc1n3C1NC(c2ccc3oc4ccccc4c3c2)Nc2c1oc1ccccc21. The molecule has 9 aromatic rings. The number of benzene rings is 6. The summed E-state index contributed by atoms with van der Waals surface area (Å²) in [6.45, 7) is 0. The summed E-state index contributed by atoms with van der Waals surface area (Å²) in [7, 11) is 0. The minimum atomic E-state index is -0.256. The summed E-state index contributed by atoms with van der Waals surface area (Å²) < 4.78 is 15.2. The van der Waals surface area contributed by atoms with Crippen molar-refractivity contribution in [2.24, 2.45) is 0 Å². The van der Waals surface area contributed by atoms with Gasteiger partial charge in [0, 0.05) is 26.9 Å². The van der Waals surface area contributed by atoms with Crippen LogP contribution in [0.4, 0.5) is 5.69 Å². The lowest BCUT2D eigenvalue weighted by atomic mass is 10.0. The zero-order valence-corrected chi connectivity index (χ0v) is 23.0. The van der Waals surface area contributed by atoms with Crippen LogP contribution in [0.5, 0.6) is 0 Å². The molecule has 10 rings (SSSR count). The maximum absolute atomic E-state index is 6.65. The number of aromatic nitrogens is 1. The smallest absolute Gasteiger partial charge is 0.166 e. The topological polar surface area (TPSA) is 55.3 Å². The first-order valence-electron chi connectivity index (χ1n) is 14.7. The van der Waals surface area contributed by atoms with Gasteiger partial charge in [0.1, 0.15) is 29.1 Å². The van der Waals surface area contributed by atoms with Gasteiger partial charge in [-0.1, -0.05) is 78.9 Å². The van der Waals surface area contributed by atoms with Crippen LogP contribution in [0, 0.1) is 0 Å². The third-order valence-electron chi connectivity index (χ3n) is 9.05. The van der Waals surface area contributed by atoms with Gasteiger partial charge in [0.25, 0.3) is 0 Å². The normalized spacial score (nSPS) is 16.9. The largest absolute Gasteiger partial charge is 0.456 e. The van der Waals surface area contributed by atoms with Crippen LogP contribution in [-0.4, -0.2) is 4.57 Å². The van der Waals surface area contributed by atoms with Crippen LogP contribution in [0.3, 0.4) is 0 Å². The summed E-state index contributed by atoms with van der Waals surface area (Å²) in [4.78, 5) is 0. The summed E-state index contributed by atoms with van der Waals surface area (Å²) in [6, 6.07) is 44.9. The molecule has 0 spiro atoms. The van der Waals surface area contributed by atoms with Crippen molar-refractivity contribution in [3.05, 3.63) is 139 Å². The lowest BCUT2D eigenvalue weighted by molar-refractivity contribution is 0.358. The maximum Gasteiger partial charge on any atom is 0.166 e. The molecule has 2 unspecified atom stereocenters. The molecule has 43 heavy (non-hydrogen) atoms. The van der Waals surface area contributed by atoms with Crippen molar-refractivity contribution in [3.63, 3.8) is 0 Å². The van der Waals surface area contributed by atoms with Gasteiger partial charge in [0.2, 0.25) is 0 Å². The van der Waals surface area contributed by atoms with E-state index in [1.165, 1.54) is 27.1 Å². The van der Waals surface area contributed by atoms with Crippen LogP contribution in [0.1, 0.15) is 23.7 Å². The number of furan rings is 2. The highest BCUT2D eigenvalue weighted by atomic mass is 16.3. The van der Waals surface area contributed by atoms with Crippen LogP contribution in [0.25, 0.3) is 65.5 Å². The summed E-state index contributed by atoms with van der Waals surface area (Å²) in [5.74, 6) is 0.878. The second kappa shape index (κ2) is 8.51. The number of hydrogen-bond donors (Lipinski definition) is 2. The Morgan fingerprint density at radius 3 is 2.05 bits per heavy atom. The highest BCUT2D eigenvalue weighted by Crippen LogP contribution is 2.45. The molecule has 5 heteroatoms. The van der Waals surface area contributed by atoms with Gasteiger partial charge < -0.3 is 18.7 Å². The number of rotatable bonds is 2. The van der Waals surface area contributed by atoms with Crippen LogP contribution in [0.2, 0.25) is 0 Å². The van der Waals surface area contributed by atoms with Crippen LogP contribution < -0.4 is 10.6 Å². The fraction of sp³-hybridized carbons (Fsp3) is 0.0526. The number of anilines is 1. The minimum Gasteiger partial charge on any atom is -0.456 e. The predicted molar refractivity (Wildman–Crippen MR) is 175 cm³/mol. The van der Waals surface area contributed by atoms with E-state index in [0.717, 1.165) is 55.4 Å². The standard InChI is InChI=1S/C38H25N3O2/c1-2-10-23-21-31-28(19-22(23)9-1)25-11-3-6-14-30(25)41(31)38-36-35(27-13-5-8-16-33(27)43-36)39-37(40-38)24-17-18-34-29(20-24)26-12-4-7-15-32(26)42-34/h1-21,37-40H. The van der Waals surface area contributed by atoms with Gasteiger partial charge in [-0.15, -0.1) is 0 Å². The number of para-hydroxylation sites is 3. The van der Waals surface area contributed by atoms with E-state index in [1.807, 2.05) is 24.3 Å². The monoisotopic (exact) mass is 555 g/mol. The summed E-state index contributed by atoms with van der Waals surface area (Å²) >= 11 is 0. The lowest BCUT2D eigenvalue weighted by Gasteiger charge is -2.34. The van der Waals surface area contributed by atoms with Gasteiger partial charge in [0.15, 0.2) is 5.76 Å². The number of nitrogens with one attached hydrogen (secondary N) is 2. The van der Waals surface area contributed by atoms with E-state index in [2.05, 4.69) is 118 Å². The highest BCUT2D eigenvalue weighted by molar-refractivity contribution is 6.13. The third kappa shape index (κ3) is 3.25. The Labute approximate surface area is 245 Å². The van der Waals surface area contributed by atoms with Crippen LogP contribution >= 0.6 is 0 Å². The highest BCUT2D eigenvalue weighted by Gasteiger charge is 2.35. The van der Waals surface area contributed by atoms with Gasteiger partial charge in [-0.2, -0.15) is 0 Å². The van der Waals surface area contributed by atoms with Crippen molar-refractivity contribution < 1.29 is 8.83 Å². The molecule has 0 saturated heterocycles. The first-order chi connectivity index (χ1) is 21.3. The molecule has 6 aromatic carbocycles. The Hall–Kier alpha value is -5.52. The Kier molecular flexibility index (Phi) is 4.57. The summed E-state index contributed by atoms with van der Waals surface area (Å²) in [5, 5.41) is 16.0. The Morgan fingerprint density at radius 2 is 1.19 bits per heavy atom. The van der Waals surface area contributed by atoms with Crippen molar-refractivity contribution in [2.75, 3.05) is 5.32 Å². The molecule has 3 aromatic heterocycles. The fourth-order valence-corrected chi connectivity index (χ4v) is 7.08. The molecule has 5 nitrogen and oxygen atoms in total. The molecule has 204 valence electrons. The van der Waals surface area contributed by atoms with E-state index < -0.39 is 0 Å². The summed E-state index contributed by atoms with van der Waals surface area (Å²) in [6.07, 6.45) is -0.428. The zero-order valence-electron chi connectivity index (χ0n) is 23.0. The zero-order chi connectivity index (χ0) is 28.1. The number of nitrogens with zero attached hydrogens (tertiary/aromatic N) is 1. The molecular weight excluding hydrogens is 530 g/mol. The first-order valence-corrected chi connectivity index (χ1v) is 14.7. The Morgan fingerprint density at radius 1 is 0.512 bits per heavy atom. The molecule has 0 fully saturated rings. The molecule has 0 amide bonds. The van der Waals surface area contributed by atoms with Gasteiger partial charge in [-0.3, -0.25) is 5.32 Å². The maximum atomic E-state index is 6.65. The molecule has 0 aliphatic carbocycles. The quantitative estimate of drug-likeness (QED) is 0.223.